The number of hydrogen-bond acceptors (Lipinski definition) is 4. The number of rotatable bonds is 7. The SMILES string of the molecule is CCN(CC(=O)Nc1ccccc1C(F)(F)F)C(=O)C(C)NC(=O)c1ccoc1. The van der Waals surface area contributed by atoms with E-state index in [1.165, 1.54) is 37.6 Å². The fourth-order valence-corrected chi connectivity index (χ4v) is 2.56. The molecule has 1 heterocycles. The lowest BCUT2D eigenvalue weighted by Crippen LogP contribution is -2.49. The van der Waals surface area contributed by atoms with E-state index in [2.05, 4.69) is 10.6 Å². The molecule has 29 heavy (non-hydrogen) atoms. The quantitative estimate of drug-likeness (QED) is 0.733. The molecule has 0 aliphatic carbocycles. The highest BCUT2D eigenvalue weighted by atomic mass is 19.4. The molecule has 2 N–H and O–H groups in total. The monoisotopic (exact) mass is 411 g/mol. The molecule has 0 aliphatic rings. The Labute approximate surface area is 164 Å². The van der Waals surface area contributed by atoms with Crippen LogP contribution in [0.25, 0.3) is 0 Å². The van der Waals surface area contributed by atoms with Gasteiger partial charge in [-0.2, -0.15) is 13.2 Å². The number of likely N-dealkylation sites (N-methyl/N-ethyl adjacent to an activating group) is 1. The minimum Gasteiger partial charge on any atom is -0.472 e. The number of furan rings is 1. The summed E-state index contributed by atoms with van der Waals surface area (Å²) in [5.74, 6) is -1.87. The molecule has 1 aromatic heterocycles. The second-order valence-corrected chi connectivity index (χ2v) is 6.15. The van der Waals surface area contributed by atoms with Gasteiger partial charge in [0.15, 0.2) is 0 Å². The third-order valence-electron chi connectivity index (χ3n) is 4.04. The Hall–Kier alpha value is -3.30. The maximum Gasteiger partial charge on any atom is 0.418 e. The van der Waals surface area contributed by atoms with Crippen LogP contribution in [0.2, 0.25) is 0 Å². The van der Waals surface area contributed by atoms with Crippen LogP contribution < -0.4 is 10.6 Å². The maximum absolute atomic E-state index is 13.0. The predicted octanol–water partition coefficient (Wildman–Crippen LogP) is 2.90. The first-order chi connectivity index (χ1) is 13.6. The Kier molecular flexibility index (Phi) is 7.03. The van der Waals surface area contributed by atoms with Crippen LogP contribution in [0.4, 0.5) is 18.9 Å². The molecule has 0 saturated heterocycles. The van der Waals surface area contributed by atoms with E-state index in [-0.39, 0.29) is 12.1 Å². The molecule has 0 radical (unpaired) electrons. The summed E-state index contributed by atoms with van der Waals surface area (Å²) in [6.07, 6.45) is -2.10. The molecule has 1 aromatic carbocycles. The number of nitrogens with zero attached hydrogens (tertiary/aromatic N) is 1. The molecule has 156 valence electrons. The summed E-state index contributed by atoms with van der Waals surface area (Å²) in [6.45, 7) is 2.71. The second-order valence-electron chi connectivity index (χ2n) is 6.15. The number of benzene rings is 1. The van der Waals surface area contributed by atoms with Gasteiger partial charge in [0.1, 0.15) is 12.3 Å². The highest BCUT2D eigenvalue weighted by Gasteiger charge is 2.33. The molecule has 1 atom stereocenters. The smallest absolute Gasteiger partial charge is 0.418 e. The molecule has 0 bridgehead atoms. The molecular formula is C19H20F3N3O4. The average Bonchev–Trinajstić information content (AvgIpc) is 3.20. The van der Waals surface area contributed by atoms with Crippen LogP contribution in [0.1, 0.15) is 29.8 Å². The Morgan fingerprint density at radius 1 is 1.17 bits per heavy atom. The van der Waals surface area contributed by atoms with Crippen molar-refractivity contribution in [3.8, 4) is 0 Å². The van der Waals surface area contributed by atoms with Crippen LogP contribution in [0.5, 0.6) is 0 Å². The zero-order chi connectivity index (χ0) is 21.6. The zero-order valence-electron chi connectivity index (χ0n) is 15.7. The van der Waals surface area contributed by atoms with Crippen molar-refractivity contribution in [3.63, 3.8) is 0 Å². The van der Waals surface area contributed by atoms with Crippen LogP contribution in [0, 0.1) is 0 Å². The Morgan fingerprint density at radius 3 is 2.45 bits per heavy atom. The van der Waals surface area contributed by atoms with Gasteiger partial charge in [-0.25, -0.2) is 0 Å². The van der Waals surface area contributed by atoms with Gasteiger partial charge in [-0.3, -0.25) is 14.4 Å². The van der Waals surface area contributed by atoms with Crippen LogP contribution >= 0.6 is 0 Å². The summed E-state index contributed by atoms with van der Waals surface area (Å²) in [5, 5.41) is 4.66. The number of nitrogens with one attached hydrogen (secondary N) is 2. The fourth-order valence-electron chi connectivity index (χ4n) is 2.56. The fraction of sp³-hybridized carbons (Fsp3) is 0.316. The molecule has 1 unspecified atom stereocenters. The molecule has 0 saturated carbocycles. The van der Waals surface area contributed by atoms with Crippen molar-refractivity contribution in [1.29, 1.82) is 0 Å². The molecule has 2 aromatic rings. The molecule has 0 fully saturated rings. The molecule has 0 spiro atoms. The lowest BCUT2D eigenvalue weighted by Gasteiger charge is -2.24. The second kappa shape index (κ2) is 9.26. The summed E-state index contributed by atoms with van der Waals surface area (Å²) >= 11 is 0. The first-order valence-electron chi connectivity index (χ1n) is 8.71. The minimum absolute atomic E-state index is 0.124. The van der Waals surface area contributed by atoms with Gasteiger partial charge in [-0.15, -0.1) is 0 Å². The average molecular weight is 411 g/mol. The number of carbonyl (C=O) groups excluding carboxylic acids is 3. The predicted molar refractivity (Wildman–Crippen MR) is 98.0 cm³/mol. The van der Waals surface area contributed by atoms with Gasteiger partial charge in [0.2, 0.25) is 11.8 Å². The number of halogens is 3. The Balaban J connectivity index is 2.01. The number of alkyl halides is 3. The highest BCUT2D eigenvalue weighted by Crippen LogP contribution is 2.34. The molecule has 7 nitrogen and oxygen atoms in total. The highest BCUT2D eigenvalue weighted by molar-refractivity contribution is 5.99. The maximum atomic E-state index is 13.0. The third-order valence-corrected chi connectivity index (χ3v) is 4.04. The van der Waals surface area contributed by atoms with E-state index in [9.17, 15) is 27.6 Å². The summed E-state index contributed by atoms with van der Waals surface area (Å²) in [5.41, 5.74) is -1.15. The van der Waals surface area contributed by atoms with E-state index >= 15 is 0 Å². The molecular weight excluding hydrogens is 391 g/mol. The van der Waals surface area contributed by atoms with Crippen LogP contribution in [-0.4, -0.2) is 41.8 Å². The van der Waals surface area contributed by atoms with E-state index in [0.717, 1.165) is 17.0 Å². The number of amides is 3. The Bertz CT molecular complexity index is 866. The van der Waals surface area contributed by atoms with E-state index in [0.29, 0.717) is 0 Å². The van der Waals surface area contributed by atoms with Crippen molar-refractivity contribution in [2.45, 2.75) is 26.1 Å². The van der Waals surface area contributed by atoms with Crippen LogP contribution in [0.3, 0.4) is 0 Å². The first kappa shape index (κ1) is 22.0. The summed E-state index contributed by atoms with van der Waals surface area (Å²) in [7, 11) is 0. The largest absolute Gasteiger partial charge is 0.472 e. The van der Waals surface area contributed by atoms with Crippen LogP contribution in [-0.2, 0) is 15.8 Å². The topological polar surface area (TPSA) is 91.7 Å². The van der Waals surface area contributed by atoms with Crippen molar-refractivity contribution in [2.24, 2.45) is 0 Å². The standard InChI is InChI=1S/C19H20F3N3O4/c1-3-25(18(28)12(2)23-17(27)13-8-9-29-11-13)10-16(26)24-15-7-5-4-6-14(15)19(20,21)22/h4-9,11-12H,3,10H2,1-2H3,(H,23,27)(H,24,26). The van der Waals surface area contributed by atoms with Crippen LogP contribution in [0.15, 0.2) is 47.3 Å². The van der Waals surface area contributed by atoms with Gasteiger partial charge in [-0.1, -0.05) is 12.1 Å². The number of hydrogen-bond donors (Lipinski definition) is 2. The minimum atomic E-state index is -4.63. The van der Waals surface area contributed by atoms with Gasteiger partial charge >= 0.3 is 6.18 Å². The van der Waals surface area contributed by atoms with E-state index < -0.39 is 47.7 Å². The lowest BCUT2D eigenvalue weighted by atomic mass is 10.1. The van der Waals surface area contributed by atoms with Gasteiger partial charge < -0.3 is 20.0 Å². The van der Waals surface area contributed by atoms with Crippen molar-refractivity contribution in [3.05, 3.63) is 54.0 Å². The summed E-state index contributed by atoms with van der Waals surface area (Å²) < 4.78 is 43.9. The van der Waals surface area contributed by atoms with E-state index in [1.807, 2.05) is 0 Å². The van der Waals surface area contributed by atoms with Gasteiger partial charge in [0.25, 0.3) is 5.91 Å². The molecule has 10 heteroatoms. The van der Waals surface area contributed by atoms with Crippen molar-refractivity contribution in [1.82, 2.24) is 10.2 Å². The summed E-state index contributed by atoms with van der Waals surface area (Å²) in [6, 6.07) is 5.03. The van der Waals surface area contributed by atoms with Gasteiger partial charge in [0, 0.05) is 6.54 Å². The van der Waals surface area contributed by atoms with E-state index in [1.54, 1.807) is 6.92 Å². The number of anilines is 1. The number of carbonyl (C=O) groups is 3. The van der Waals surface area contributed by atoms with E-state index in [4.69, 9.17) is 4.42 Å². The Morgan fingerprint density at radius 2 is 1.86 bits per heavy atom. The van der Waals surface area contributed by atoms with Gasteiger partial charge in [0.05, 0.1) is 29.6 Å². The number of para-hydroxylation sites is 1. The van der Waals surface area contributed by atoms with Crippen molar-refractivity contribution in [2.75, 3.05) is 18.4 Å². The first-order valence-corrected chi connectivity index (χ1v) is 8.71. The third kappa shape index (κ3) is 5.84. The summed E-state index contributed by atoms with van der Waals surface area (Å²) in [4.78, 5) is 37.9. The van der Waals surface area contributed by atoms with Crippen molar-refractivity contribution < 1.29 is 32.0 Å². The molecule has 3 amide bonds. The van der Waals surface area contributed by atoms with Gasteiger partial charge in [-0.05, 0) is 32.0 Å². The normalized spacial score (nSPS) is 12.2. The van der Waals surface area contributed by atoms with Crippen molar-refractivity contribution >= 4 is 23.4 Å². The molecule has 2 rings (SSSR count). The zero-order valence-corrected chi connectivity index (χ0v) is 15.7. The molecule has 0 aliphatic heterocycles. The lowest BCUT2D eigenvalue weighted by molar-refractivity contribution is -0.137.